The molecule has 0 spiro atoms. The highest BCUT2D eigenvalue weighted by molar-refractivity contribution is 4.67. The highest BCUT2D eigenvalue weighted by Gasteiger charge is 2.16. The van der Waals surface area contributed by atoms with Crippen molar-refractivity contribution in [3.05, 3.63) is 0 Å². The summed E-state index contributed by atoms with van der Waals surface area (Å²) in [5.41, 5.74) is 0. The van der Waals surface area contributed by atoms with Crippen molar-refractivity contribution in [1.82, 2.24) is 5.32 Å². The quantitative estimate of drug-likeness (QED) is 0.674. The van der Waals surface area contributed by atoms with Crippen LogP contribution < -0.4 is 5.32 Å². The number of halogens is 2. The molecule has 1 rings (SSSR count). The first-order valence-corrected chi connectivity index (χ1v) is 5.33. The van der Waals surface area contributed by atoms with Gasteiger partial charge < -0.3 is 10.1 Å². The van der Waals surface area contributed by atoms with E-state index in [2.05, 4.69) is 5.32 Å². The lowest BCUT2D eigenvalue weighted by molar-refractivity contribution is 0.0516. The van der Waals surface area contributed by atoms with Gasteiger partial charge in [-0.1, -0.05) is 12.8 Å². The van der Waals surface area contributed by atoms with Gasteiger partial charge >= 0.3 is 0 Å². The normalized spacial score (nSPS) is 20.6. The van der Waals surface area contributed by atoms with Crippen LogP contribution in [0.1, 0.15) is 32.6 Å². The third kappa shape index (κ3) is 4.33. The van der Waals surface area contributed by atoms with E-state index < -0.39 is 12.5 Å². The molecule has 1 N–H and O–H groups in total. The zero-order chi connectivity index (χ0) is 10.4. The molecule has 0 saturated heterocycles. The third-order valence-corrected chi connectivity index (χ3v) is 2.60. The van der Waals surface area contributed by atoms with Crippen LogP contribution in [0.4, 0.5) is 8.78 Å². The zero-order valence-corrected chi connectivity index (χ0v) is 8.64. The average molecular weight is 207 g/mol. The molecule has 0 heterocycles. The van der Waals surface area contributed by atoms with Crippen molar-refractivity contribution in [2.75, 3.05) is 13.2 Å². The topological polar surface area (TPSA) is 21.3 Å². The van der Waals surface area contributed by atoms with Gasteiger partial charge in [0.25, 0.3) is 6.43 Å². The van der Waals surface area contributed by atoms with Gasteiger partial charge in [-0.05, 0) is 19.8 Å². The Bertz CT molecular complexity index is 145. The smallest absolute Gasteiger partial charge is 0.253 e. The maximum absolute atomic E-state index is 12.1. The lowest BCUT2D eigenvalue weighted by Gasteiger charge is -2.14. The van der Waals surface area contributed by atoms with E-state index in [1.165, 1.54) is 19.8 Å². The predicted octanol–water partition coefficient (Wildman–Crippen LogP) is 2.19. The zero-order valence-electron chi connectivity index (χ0n) is 8.64. The fourth-order valence-corrected chi connectivity index (χ4v) is 1.66. The summed E-state index contributed by atoms with van der Waals surface area (Å²) in [7, 11) is 0. The van der Waals surface area contributed by atoms with Gasteiger partial charge in [-0.25, -0.2) is 8.78 Å². The molecule has 14 heavy (non-hydrogen) atoms. The second-order valence-corrected chi connectivity index (χ2v) is 3.85. The largest absolute Gasteiger partial charge is 0.377 e. The average Bonchev–Trinajstić information content (AvgIpc) is 2.64. The number of nitrogens with one attached hydrogen (secondary N) is 1. The SMILES string of the molecule is CC(NCCOC1CCCC1)C(F)F. The molecule has 1 aliphatic carbocycles. The predicted molar refractivity (Wildman–Crippen MR) is 51.7 cm³/mol. The summed E-state index contributed by atoms with van der Waals surface area (Å²) in [5.74, 6) is 0. The lowest BCUT2D eigenvalue weighted by Crippen LogP contribution is -2.35. The third-order valence-electron chi connectivity index (χ3n) is 2.60. The van der Waals surface area contributed by atoms with E-state index in [4.69, 9.17) is 4.74 Å². The molecule has 1 atom stereocenters. The Morgan fingerprint density at radius 1 is 1.36 bits per heavy atom. The standard InChI is InChI=1S/C10H19F2NO/c1-8(10(11)12)13-6-7-14-9-4-2-3-5-9/h8-10,13H,2-7H2,1H3. The number of alkyl halides is 2. The molecule has 1 aliphatic rings. The second kappa shape index (κ2) is 6.30. The Labute approximate surface area is 84.0 Å². The number of hydrogen-bond acceptors (Lipinski definition) is 2. The van der Waals surface area contributed by atoms with E-state index in [-0.39, 0.29) is 0 Å². The van der Waals surface area contributed by atoms with Crippen LogP contribution in [-0.2, 0) is 4.74 Å². The molecule has 0 aromatic heterocycles. The number of rotatable bonds is 6. The molecule has 4 heteroatoms. The van der Waals surface area contributed by atoms with Crippen LogP contribution in [0.15, 0.2) is 0 Å². The van der Waals surface area contributed by atoms with Crippen molar-refractivity contribution >= 4 is 0 Å². The lowest BCUT2D eigenvalue weighted by atomic mass is 10.3. The van der Waals surface area contributed by atoms with Crippen molar-refractivity contribution in [3.63, 3.8) is 0 Å². The summed E-state index contributed by atoms with van der Waals surface area (Å²) >= 11 is 0. The summed E-state index contributed by atoms with van der Waals surface area (Å²) in [6.45, 7) is 2.55. The van der Waals surface area contributed by atoms with Gasteiger partial charge in [0.2, 0.25) is 0 Å². The first-order valence-electron chi connectivity index (χ1n) is 5.33. The van der Waals surface area contributed by atoms with Crippen LogP contribution in [0.25, 0.3) is 0 Å². The molecule has 2 nitrogen and oxygen atoms in total. The van der Waals surface area contributed by atoms with Gasteiger partial charge in [0.1, 0.15) is 0 Å². The Morgan fingerprint density at radius 2 is 2.00 bits per heavy atom. The first-order chi connectivity index (χ1) is 6.70. The van der Waals surface area contributed by atoms with Crippen LogP contribution in [0.5, 0.6) is 0 Å². The fourth-order valence-electron chi connectivity index (χ4n) is 1.66. The van der Waals surface area contributed by atoms with Crippen molar-refractivity contribution < 1.29 is 13.5 Å². The monoisotopic (exact) mass is 207 g/mol. The summed E-state index contributed by atoms with van der Waals surface area (Å²) in [6, 6.07) is -0.734. The molecule has 84 valence electrons. The van der Waals surface area contributed by atoms with Crippen LogP contribution in [0, 0.1) is 0 Å². The van der Waals surface area contributed by atoms with E-state index in [9.17, 15) is 8.78 Å². The highest BCUT2D eigenvalue weighted by Crippen LogP contribution is 2.20. The Hall–Kier alpha value is -0.220. The summed E-state index contributed by atoms with van der Waals surface area (Å²) < 4.78 is 29.6. The van der Waals surface area contributed by atoms with Crippen LogP contribution in [-0.4, -0.2) is 31.7 Å². The fraction of sp³-hybridized carbons (Fsp3) is 1.00. The van der Waals surface area contributed by atoms with Crippen molar-refractivity contribution in [1.29, 1.82) is 0 Å². The molecular formula is C10H19F2NO. The summed E-state index contributed by atoms with van der Waals surface area (Å²) in [6.07, 6.45) is 2.83. The molecular weight excluding hydrogens is 188 g/mol. The number of ether oxygens (including phenoxy) is 1. The summed E-state index contributed by atoms with van der Waals surface area (Å²) in [4.78, 5) is 0. The van der Waals surface area contributed by atoms with Gasteiger partial charge in [-0.3, -0.25) is 0 Å². The van der Waals surface area contributed by atoms with Gasteiger partial charge in [0.05, 0.1) is 18.8 Å². The van der Waals surface area contributed by atoms with Crippen LogP contribution >= 0.6 is 0 Å². The minimum atomic E-state index is -2.29. The first kappa shape index (κ1) is 11.9. The van der Waals surface area contributed by atoms with Crippen molar-refractivity contribution in [3.8, 4) is 0 Å². The van der Waals surface area contributed by atoms with E-state index in [1.54, 1.807) is 0 Å². The number of hydrogen-bond donors (Lipinski definition) is 1. The molecule has 1 saturated carbocycles. The van der Waals surface area contributed by atoms with Crippen molar-refractivity contribution in [2.24, 2.45) is 0 Å². The van der Waals surface area contributed by atoms with Gasteiger partial charge in [-0.2, -0.15) is 0 Å². The molecule has 0 radical (unpaired) electrons. The Balaban J connectivity index is 1.93. The molecule has 0 aromatic rings. The minimum Gasteiger partial charge on any atom is -0.377 e. The Morgan fingerprint density at radius 3 is 2.57 bits per heavy atom. The van der Waals surface area contributed by atoms with Gasteiger partial charge in [0, 0.05) is 6.54 Å². The van der Waals surface area contributed by atoms with Crippen molar-refractivity contribution in [2.45, 2.75) is 51.2 Å². The molecule has 0 aromatic carbocycles. The molecule has 1 fully saturated rings. The van der Waals surface area contributed by atoms with E-state index >= 15 is 0 Å². The van der Waals surface area contributed by atoms with Gasteiger partial charge in [-0.15, -0.1) is 0 Å². The van der Waals surface area contributed by atoms with E-state index in [0.29, 0.717) is 19.3 Å². The molecule has 0 amide bonds. The molecule has 0 bridgehead atoms. The van der Waals surface area contributed by atoms with Crippen LogP contribution in [0.3, 0.4) is 0 Å². The van der Waals surface area contributed by atoms with Crippen LogP contribution in [0.2, 0.25) is 0 Å². The minimum absolute atomic E-state index is 0.374. The maximum Gasteiger partial charge on any atom is 0.253 e. The van der Waals surface area contributed by atoms with Gasteiger partial charge in [0.15, 0.2) is 0 Å². The molecule has 0 aliphatic heterocycles. The highest BCUT2D eigenvalue weighted by atomic mass is 19.3. The Kier molecular flexibility index (Phi) is 5.33. The summed E-state index contributed by atoms with van der Waals surface area (Å²) in [5, 5.41) is 2.73. The second-order valence-electron chi connectivity index (χ2n) is 3.85. The molecule has 1 unspecified atom stereocenters. The van der Waals surface area contributed by atoms with E-state index in [1.807, 2.05) is 0 Å². The maximum atomic E-state index is 12.1. The van der Waals surface area contributed by atoms with E-state index in [0.717, 1.165) is 12.8 Å².